The molecule has 0 atom stereocenters. The van der Waals surface area contributed by atoms with Gasteiger partial charge in [0, 0.05) is 16.7 Å². The Balaban J connectivity index is 2.71. The Hall–Kier alpha value is -1.61. The van der Waals surface area contributed by atoms with Gasteiger partial charge in [0.1, 0.15) is 17.4 Å². The monoisotopic (exact) mass is 253 g/mol. The van der Waals surface area contributed by atoms with E-state index in [1.54, 1.807) is 24.3 Å². The normalized spacial score (nSPS) is 10.4. The quantitative estimate of drug-likeness (QED) is 0.783. The highest BCUT2D eigenvalue weighted by Gasteiger charge is 2.16. The molecule has 2 aromatic rings. The van der Waals surface area contributed by atoms with Gasteiger partial charge in [-0.25, -0.2) is 8.78 Å². The fourth-order valence-corrected chi connectivity index (χ4v) is 1.80. The van der Waals surface area contributed by atoms with E-state index >= 15 is 0 Å². The van der Waals surface area contributed by atoms with Gasteiger partial charge < -0.3 is 4.74 Å². The predicted octanol–water partition coefficient (Wildman–Crippen LogP) is 4.09. The van der Waals surface area contributed by atoms with Crippen LogP contribution in [0, 0.1) is 17.7 Å². The zero-order chi connectivity index (χ0) is 12.4. The van der Waals surface area contributed by atoms with Gasteiger partial charge in [-0.2, -0.15) is 0 Å². The van der Waals surface area contributed by atoms with Gasteiger partial charge >= 0.3 is 0 Å². The second kappa shape index (κ2) is 4.72. The number of benzene rings is 2. The van der Waals surface area contributed by atoms with Crippen molar-refractivity contribution in [3.63, 3.8) is 0 Å². The first kappa shape index (κ1) is 11.9. The van der Waals surface area contributed by atoms with E-state index in [1.807, 2.05) is 6.07 Å². The van der Waals surface area contributed by atoms with Crippen LogP contribution in [0.2, 0.25) is 5.02 Å². The minimum Gasteiger partial charge on any atom is -0.496 e. The van der Waals surface area contributed by atoms with Gasteiger partial charge in [0.2, 0.25) is 0 Å². The number of halogens is 3. The summed E-state index contributed by atoms with van der Waals surface area (Å²) >= 11 is 5.97. The molecule has 17 heavy (non-hydrogen) atoms. The van der Waals surface area contributed by atoms with Crippen LogP contribution in [-0.2, 0) is 0 Å². The van der Waals surface area contributed by atoms with Crippen LogP contribution in [0.15, 0.2) is 30.3 Å². The molecule has 2 aromatic carbocycles. The van der Waals surface area contributed by atoms with Crippen molar-refractivity contribution in [1.29, 1.82) is 0 Å². The van der Waals surface area contributed by atoms with Crippen LogP contribution in [0.5, 0.6) is 5.75 Å². The number of rotatable bonds is 2. The first-order valence-electron chi connectivity index (χ1n) is 4.83. The maximum atomic E-state index is 13.7. The highest BCUT2D eigenvalue weighted by molar-refractivity contribution is 6.33. The molecule has 1 radical (unpaired) electrons. The number of hydrogen-bond acceptors (Lipinski definition) is 1. The summed E-state index contributed by atoms with van der Waals surface area (Å²) in [6.07, 6.45) is 0. The minimum absolute atomic E-state index is 0.0897. The molecule has 1 nitrogen and oxygen atoms in total. The van der Waals surface area contributed by atoms with Gasteiger partial charge in [0.15, 0.2) is 0 Å². The molecule has 0 fully saturated rings. The Morgan fingerprint density at radius 2 is 1.94 bits per heavy atom. The highest BCUT2D eigenvalue weighted by atomic mass is 35.5. The third-order valence-corrected chi connectivity index (χ3v) is 2.65. The fraction of sp³-hybridized carbons (Fsp3) is 0.0769. The lowest BCUT2D eigenvalue weighted by molar-refractivity contribution is 0.409. The van der Waals surface area contributed by atoms with Gasteiger partial charge in [-0.05, 0) is 6.07 Å². The van der Waals surface area contributed by atoms with Gasteiger partial charge in [-0.3, -0.25) is 0 Å². The molecule has 0 spiro atoms. The molecule has 0 heterocycles. The molecule has 0 N–H and O–H groups in total. The summed E-state index contributed by atoms with van der Waals surface area (Å²) in [4.78, 5) is 0. The maximum Gasteiger partial charge on any atom is 0.145 e. The van der Waals surface area contributed by atoms with Gasteiger partial charge in [0.25, 0.3) is 0 Å². The second-order valence-electron chi connectivity index (χ2n) is 3.35. The summed E-state index contributed by atoms with van der Waals surface area (Å²) in [7, 11) is 1.34. The number of ether oxygens (including phenoxy) is 1. The first-order chi connectivity index (χ1) is 8.13. The summed E-state index contributed by atoms with van der Waals surface area (Å²) in [6, 6.07) is 9.73. The molecular formula is C13H8ClF2O. The van der Waals surface area contributed by atoms with Crippen molar-refractivity contribution in [2.75, 3.05) is 7.11 Å². The molecule has 0 aliphatic rings. The van der Waals surface area contributed by atoms with Crippen LogP contribution in [0.4, 0.5) is 8.78 Å². The summed E-state index contributed by atoms with van der Waals surface area (Å²) in [6.45, 7) is 0. The molecule has 0 saturated carbocycles. The van der Waals surface area contributed by atoms with E-state index in [0.29, 0.717) is 10.6 Å². The van der Waals surface area contributed by atoms with Crippen LogP contribution in [0.3, 0.4) is 0 Å². The van der Waals surface area contributed by atoms with E-state index in [2.05, 4.69) is 0 Å². The van der Waals surface area contributed by atoms with E-state index < -0.39 is 11.6 Å². The van der Waals surface area contributed by atoms with E-state index in [0.717, 1.165) is 6.07 Å². The van der Waals surface area contributed by atoms with Gasteiger partial charge in [-0.1, -0.05) is 29.8 Å². The average molecular weight is 254 g/mol. The van der Waals surface area contributed by atoms with Crippen LogP contribution in [0.25, 0.3) is 11.1 Å². The molecule has 0 unspecified atom stereocenters. The Morgan fingerprint density at radius 3 is 2.59 bits per heavy atom. The molecule has 87 valence electrons. The van der Waals surface area contributed by atoms with Crippen molar-refractivity contribution in [3.05, 3.63) is 53.1 Å². The first-order valence-corrected chi connectivity index (χ1v) is 5.21. The summed E-state index contributed by atoms with van der Waals surface area (Å²) in [5.41, 5.74) is 0.555. The average Bonchev–Trinajstić information content (AvgIpc) is 2.29. The molecule has 0 bridgehead atoms. The van der Waals surface area contributed by atoms with Crippen LogP contribution in [-0.4, -0.2) is 7.11 Å². The maximum absolute atomic E-state index is 13.7. The smallest absolute Gasteiger partial charge is 0.145 e. The molecular weight excluding hydrogens is 246 g/mol. The Kier molecular flexibility index (Phi) is 3.29. The largest absolute Gasteiger partial charge is 0.496 e. The van der Waals surface area contributed by atoms with E-state index in [-0.39, 0.29) is 11.3 Å². The summed E-state index contributed by atoms with van der Waals surface area (Å²) in [5.74, 6) is -1.54. The lowest BCUT2D eigenvalue weighted by Gasteiger charge is -2.11. The minimum atomic E-state index is -0.824. The van der Waals surface area contributed by atoms with Crippen molar-refractivity contribution in [1.82, 2.24) is 0 Å². The predicted molar refractivity (Wildman–Crippen MR) is 62.2 cm³/mol. The van der Waals surface area contributed by atoms with Crippen molar-refractivity contribution >= 4 is 11.6 Å². The molecule has 0 aromatic heterocycles. The Labute approximate surface area is 103 Å². The Morgan fingerprint density at radius 1 is 1.24 bits per heavy atom. The summed E-state index contributed by atoms with van der Waals surface area (Å²) < 4.78 is 31.7. The lowest BCUT2D eigenvalue weighted by Crippen LogP contribution is -1.94. The van der Waals surface area contributed by atoms with Crippen LogP contribution in [0.1, 0.15) is 0 Å². The summed E-state index contributed by atoms with van der Waals surface area (Å²) in [5, 5.41) is 0.365. The topological polar surface area (TPSA) is 9.23 Å². The van der Waals surface area contributed by atoms with Crippen LogP contribution < -0.4 is 4.74 Å². The third-order valence-electron chi connectivity index (χ3n) is 2.32. The zero-order valence-corrected chi connectivity index (χ0v) is 9.68. The number of methoxy groups -OCH3 is 1. The molecule has 0 aliphatic carbocycles. The van der Waals surface area contributed by atoms with Crippen LogP contribution >= 0.6 is 11.6 Å². The number of hydrogen-bond donors (Lipinski definition) is 0. The molecule has 2 rings (SSSR count). The SMILES string of the molecule is COc1cc(F)[c]c(F)c1-c1ccccc1Cl. The van der Waals surface area contributed by atoms with Crippen molar-refractivity contribution in [3.8, 4) is 16.9 Å². The van der Waals surface area contributed by atoms with Crippen molar-refractivity contribution in [2.24, 2.45) is 0 Å². The van der Waals surface area contributed by atoms with Gasteiger partial charge in [0.05, 0.1) is 18.7 Å². The molecule has 4 heteroatoms. The van der Waals surface area contributed by atoms with Crippen molar-refractivity contribution < 1.29 is 13.5 Å². The molecule has 0 aliphatic heterocycles. The lowest BCUT2D eigenvalue weighted by atomic mass is 10.0. The molecule has 0 saturated heterocycles. The van der Waals surface area contributed by atoms with Gasteiger partial charge in [-0.15, -0.1) is 0 Å². The third kappa shape index (κ3) is 2.24. The standard InChI is InChI=1S/C13H8ClF2O/c1-17-12-7-8(15)6-11(16)13(12)9-4-2-3-5-10(9)14/h2-5,7H,1H3. The second-order valence-corrected chi connectivity index (χ2v) is 3.76. The fourth-order valence-electron chi connectivity index (χ4n) is 1.57. The Bertz CT molecular complexity index is 555. The van der Waals surface area contributed by atoms with E-state index in [4.69, 9.17) is 16.3 Å². The molecule has 0 amide bonds. The van der Waals surface area contributed by atoms with E-state index in [1.165, 1.54) is 7.11 Å². The zero-order valence-electron chi connectivity index (χ0n) is 8.93. The highest BCUT2D eigenvalue weighted by Crippen LogP contribution is 2.36. The van der Waals surface area contributed by atoms with Crippen molar-refractivity contribution in [2.45, 2.75) is 0 Å². The van der Waals surface area contributed by atoms with E-state index in [9.17, 15) is 8.78 Å².